The van der Waals surface area contributed by atoms with Crippen LogP contribution < -0.4 is 0 Å². The van der Waals surface area contributed by atoms with E-state index in [4.69, 9.17) is 9.47 Å². The zero-order chi connectivity index (χ0) is 16.8. The Labute approximate surface area is 134 Å². The number of ether oxygens (including phenoxy) is 3. The van der Waals surface area contributed by atoms with Gasteiger partial charge in [0, 0.05) is 0 Å². The van der Waals surface area contributed by atoms with E-state index in [0.717, 1.165) is 5.56 Å². The molecule has 23 heavy (non-hydrogen) atoms. The van der Waals surface area contributed by atoms with Crippen LogP contribution in [0.5, 0.6) is 0 Å². The minimum Gasteiger partial charge on any atom is -0.469 e. The molecule has 1 saturated carbocycles. The molecule has 0 amide bonds. The topological polar surface area (TPSA) is 78.9 Å². The Bertz CT molecular complexity index is 562. The number of methoxy groups -OCH3 is 2. The molecule has 1 aliphatic rings. The van der Waals surface area contributed by atoms with Gasteiger partial charge in [-0.15, -0.1) is 0 Å². The van der Waals surface area contributed by atoms with Gasteiger partial charge in [0.05, 0.1) is 20.1 Å². The summed E-state index contributed by atoms with van der Waals surface area (Å²) in [7, 11) is 2.55. The van der Waals surface area contributed by atoms with E-state index in [2.05, 4.69) is 4.74 Å². The van der Waals surface area contributed by atoms with Crippen molar-refractivity contribution in [1.82, 2.24) is 0 Å². The Morgan fingerprint density at radius 1 is 1.04 bits per heavy atom. The molecule has 0 N–H and O–H groups in total. The molecule has 0 bridgehead atoms. The van der Waals surface area contributed by atoms with Crippen LogP contribution in [-0.4, -0.2) is 32.1 Å². The molecule has 124 valence electrons. The van der Waals surface area contributed by atoms with E-state index in [1.165, 1.54) is 14.2 Å². The van der Waals surface area contributed by atoms with Gasteiger partial charge in [0.2, 0.25) is 0 Å². The van der Waals surface area contributed by atoms with E-state index in [1.54, 1.807) is 0 Å². The lowest BCUT2D eigenvalue weighted by molar-refractivity contribution is -0.170. The summed E-state index contributed by atoms with van der Waals surface area (Å²) < 4.78 is 14.6. The fourth-order valence-corrected chi connectivity index (χ4v) is 2.72. The third-order valence-corrected chi connectivity index (χ3v) is 4.11. The summed E-state index contributed by atoms with van der Waals surface area (Å²) in [5, 5.41) is 0. The number of benzene rings is 1. The molecule has 6 nitrogen and oxygen atoms in total. The largest absolute Gasteiger partial charge is 0.469 e. The van der Waals surface area contributed by atoms with Crippen molar-refractivity contribution in [3.8, 4) is 0 Å². The van der Waals surface area contributed by atoms with Crippen molar-refractivity contribution >= 4 is 17.9 Å². The van der Waals surface area contributed by atoms with Crippen LogP contribution in [0.15, 0.2) is 30.3 Å². The van der Waals surface area contributed by atoms with Gasteiger partial charge in [-0.1, -0.05) is 30.3 Å². The van der Waals surface area contributed by atoms with Crippen LogP contribution in [0, 0.1) is 17.8 Å². The van der Waals surface area contributed by atoms with Crippen molar-refractivity contribution in [2.45, 2.75) is 19.4 Å². The molecule has 1 atom stereocenters. The lowest BCUT2D eigenvalue weighted by Gasteiger charge is -2.36. The van der Waals surface area contributed by atoms with Crippen LogP contribution in [0.25, 0.3) is 0 Å². The first kappa shape index (κ1) is 17.0. The Morgan fingerprint density at radius 2 is 1.70 bits per heavy atom. The summed E-state index contributed by atoms with van der Waals surface area (Å²) in [6, 6.07) is 9.21. The maximum absolute atomic E-state index is 12.3. The van der Waals surface area contributed by atoms with Crippen molar-refractivity contribution < 1.29 is 28.6 Å². The Balaban J connectivity index is 1.95. The number of hydrogen-bond acceptors (Lipinski definition) is 6. The first-order chi connectivity index (χ1) is 11.1. The van der Waals surface area contributed by atoms with Crippen LogP contribution in [0.3, 0.4) is 0 Å². The van der Waals surface area contributed by atoms with Gasteiger partial charge < -0.3 is 14.2 Å². The molecular weight excluding hydrogens is 300 g/mol. The molecule has 1 aromatic rings. The Kier molecular flexibility index (Phi) is 5.73. The summed E-state index contributed by atoms with van der Waals surface area (Å²) in [6.07, 6.45) is 0.847. The third-order valence-electron chi connectivity index (χ3n) is 4.11. The molecule has 0 aromatic heterocycles. The average Bonchev–Trinajstić information content (AvgIpc) is 2.55. The monoisotopic (exact) mass is 320 g/mol. The fraction of sp³-hybridized carbons (Fsp3) is 0.471. The SMILES string of the molecule is COC(=O)C1CC([C@@H](C(=O)OC)C(=O)OCc2ccccc2)C1. The smallest absolute Gasteiger partial charge is 0.320 e. The van der Waals surface area contributed by atoms with Crippen LogP contribution >= 0.6 is 0 Å². The van der Waals surface area contributed by atoms with Crippen molar-refractivity contribution in [2.24, 2.45) is 17.8 Å². The predicted molar refractivity (Wildman–Crippen MR) is 80.0 cm³/mol. The first-order valence-electron chi connectivity index (χ1n) is 7.43. The molecule has 2 rings (SSSR count). The van der Waals surface area contributed by atoms with E-state index in [0.29, 0.717) is 12.8 Å². The summed E-state index contributed by atoms with van der Waals surface area (Å²) in [5.41, 5.74) is 0.838. The second-order valence-corrected chi connectivity index (χ2v) is 5.55. The molecular formula is C17H20O6. The molecule has 1 aliphatic carbocycles. The van der Waals surface area contributed by atoms with Crippen molar-refractivity contribution in [3.05, 3.63) is 35.9 Å². The average molecular weight is 320 g/mol. The molecule has 1 fully saturated rings. The minimum atomic E-state index is -0.996. The predicted octanol–water partition coefficient (Wildman–Crippen LogP) is 1.72. The summed E-state index contributed by atoms with van der Waals surface area (Å²) in [6.45, 7) is 0.0975. The normalized spacial score (nSPS) is 20.8. The standard InChI is InChI=1S/C17H20O6/c1-21-15(18)13-8-12(9-13)14(16(19)22-2)17(20)23-10-11-6-4-3-5-7-11/h3-7,12-14H,8-10H2,1-2H3/t12?,13?,14-/m0/s1. The Hall–Kier alpha value is -2.37. The molecule has 0 radical (unpaired) electrons. The highest BCUT2D eigenvalue weighted by Gasteiger charge is 2.47. The van der Waals surface area contributed by atoms with E-state index in [1.807, 2.05) is 30.3 Å². The van der Waals surface area contributed by atoms with E-state index in [9.17, 15) is 14.4 Å². The first-order valence-corrected chi connectivity index (χ1v) is 7.43. The molecule has 0 spiro atoms. The van der Waals surface area contributed by atoms with Crippen molar-refractivity contribution in [1.29, 1.82) is 0 Å². The number of rotatable bonds is 6. The second-order valence-electron chi connectivity index (χ2n) is 5.55. The van der Waals surface area contributed by atoms with Crippen LogP contribution in [-0.2, 0) is 35.2 Å². The highest BCUT2D eigenvalue weighted by Crippen LogP contribution is 2.40. The van der Waals surface area contributed by atoms with E-state index < -0.39 is 17.9 Å². The van der Waals surface area contributed by atoms with Gasteiger partial charge in [0.1, 0.15) is 6.61 Å². The zero-order valence-corrected chi connectivity index (χ0v) is 13.2. The van der Waals surface area contributed by atoms with Gasteiger partial charge in [0.25, 0.3) is 0 Å². The molecule has 0 saturated heterocycles. The maximum atomic E-state index is 12.3. The van der Waals surface area contributed by atoms with E-state index in [-0.39, 0.29) is 24.4 Å². The summed E-state index contributed by atoms with van der Waals surface area (Å²) >= 11 is 0. The number of carbonyl (C=O) groups excluding carboxylic acids is 3. The number of carbonyl (C=O) groups is 3. The highest BCUT2D eigenvalue weighted by molar-refractivity contribution is 5.95. The van der Waals surface area contributed by atoms with Crippen molar-refractivity contribution in [2.75, 3.05) is 14.2 Å². The van der Waals surface area contributed by atoms with Gasteiger partial charge in [-0.3, -0.25) is 14.4 Å². The second kappa shape index (κ2) is 7.76. The van der Waals surface area contributed by atoms with Gasteiger partial charge in [-0.25, -0.2) is 0 Å². The third kappa shape index (κ3) is 4.09. The molecule has 1 aromatic carbocycles. The van der Waals surface area contributed by atoms with E-state index >= 15 is 0 Å². The highest BCUT2D eigenvalue weighted by atomic mass is 16.5. The minimum absolute atomic E-state index is 0.0975. The maximum Gasteiger partial charge on any atom is 0.320 e. The zero-order valence-electron chi connectivity index (χ0n) is 13.2. The van der Waals surface area contributed by atoms with Crippen LogP contribution in [0.2, 0.25) is 0 Å². The Morgan fingerprint density at radius 3 is 2.26 bits per heavy atom. The summed E-state index contributed by atoms with van der Waals surface area (Å²) in [5.74, 6) is -3.08. The van der Waals surface area contributed by atoms with Crippen molar-refractivity contribution in [3.63, 3.8) is 0 Å². The lowest BCUT2D eigenvalue weighted by atomic mass is 9.68. The molecule has 0 aliphatic heterocycles. The lowest BCUT2D eigenvalue weighted by Crippen LogP contribution is -2.43. The van der Waals surface area contributed by atoms with Crippen LogP contribution in [0.1, 0.15) is 18.4 Å². The molecule has 0 heterocycles. The molecule has 6 heteroatoms. The number of esters is 3. The van der Waals surface area contributed by atoms with Gasteiger partial charge in [-0.05, 0) is 24.3 Å². The summed E-state index contributed by atoms with van der Waals surface area (Å²) in [4.78, 5) is 35.6. The quantitative estimate of drug-likeness (QED) is 0.451. The number of hydrogen-bond donors (Lipinski definition) is 0. The van der Waals surface area contributed by atoms with Gasteiger partial charge in [-0.2, -0.15) is 0 Å². The van der Waals surface area contributed by atoms with Gasteiger partial charge in [0.15, 0.2) is 5.92 Å². The van der Waals surface area contributed by atoms with Gasteiger partial charge >= 0.3 is 17.9 Å². The molecule has 0 unspecified atom stereocenters. The fourth-order valence-electron chi connectivity index (χ4n) is 2.72. The van der Waals surface area contributed by atoms with Crippen LogP contribution in [0.4, 0.5) is 0 Å².